The Morgan fingerprint density at radius 1 is 0.795 bits per heavy atom. The number of carbonyl (C=O) groups excluding carboxylic acids is 2. The van der Waals surface area contributed by atoms with E-state index in [-0.39, 0.29) is 29.2 Å². The van der Waals surface area contributed by atoms with Crippen LogP contribution >= 0.6 is 0 Å². The van der Waals surface area contributed by atoms with E-state index in [2.05, 4.69) is 62.3 Å². The number of hydrogen-bond donors (Lipinski definition) is 1. The SMILES string of the molecule is CC(CC(C)(C)OOC(=O)CCCCCC(C)(C)C)OC(=O)CCc1cc(C(C)(C)C)c(O)c(C(C)(C)C)c1. The van der Waals surface area contributed by atoms with Gasteiger partial charge in [-0.25, -0.2) is 4.79 Å². The van der Waals surface area contributed by atoms with E-state index < -0.39 is 11.7 Å². The average Bonchev–Trinajstić information content (AvgIpc) is 2.74. The predicted molar refractivity (Wildman–Crippen MR) is 158 cm³/mol. The number of aromatic hydroxyl groups is 1. The summed E-state index contributed by atoms with van der Waals surface area (Å²) in [6, 6.07) is 3.99. The standard InChI is InChI=1S/C33H56O6/c1-23(22-33(11,12)39-38-28(35)16-14-13-15-19-30(2,3)4)37-27(34)18-17-24-20-25(31(5,6)7)29(36)26(21-24)32(8,9)10/h20-21,23,36H,13-19,22H2,1-12H3. The second-order valence-corrected chi connectivity index (χ2v) is 15.0. The van der Waals surface area contributed by atoms with Crippen LogP contribution in [0.2, 0.25) is 0 Å². The van der Waals surface area contributed by atoms with Gasteiger partial charge >= 0.3 is 11.9 Å². The largest absolute Gasteiger partial charge is 0.507 e. The zero-order valence-corrected chi connectivity index (χ0v) is 26.9. The molecule has 0 aliphatic carbocycles. The van der Waals surface area contributed by atoms with Gasteiger partial charge in [0.05, 0.1) is 0 Å². The van der Waals surface area contributed by atoms with Crippen LogP contribution in [0.5, 0.6) is 5.75 Å². The number of aryl methyl sites for hydroxylation is 1. The molecule has 0 amide bonds. The number of phenols is 1. The maximum absolute atomic E-state index is 12.6. The van der Waals surface area contributed by atoms with Gasteiger partial charge in [-0.15, -0.1) is 0 Å². The highest BCUT2D eigenvalue weighted by molar-refractivity contribution is 5.70. The molecular weight excluding hydrogens is 492 g/mol. The van der Waals surface area contributed by atoms with E-state index in [4.69, 9.17) is 14.5 Å². The quantitative estimate of drug-likeness (QED) is 0.115. The summed E-state index contributed by atoms with van der Waals surface area (Å²) in [4.78, 5) is 35.2. The summed E-state index contributed by atoms with van der Waals surface area (Å²) in [5.41, 5.74) is 1.83. The van der Waals surface area contributed by atoms with Crippen molar-refractivity contribution in [2.45, 2.75) is 157 Å². The fourth-order valence-electron chi connectivity index (χ4n) is 4.58. The molecular formula is C33H56O6. The molecule has 0 fully saturated rings. The fourth-order valence-corrected chi connectivity index (χ4v) is 4.58. The number of hydrogen-bond acceptors (Lipinski definition) is 6. The topological polar surface area (TPSA) is 82.1 Å². The van der Waals surface area contributed by atoms with Crippen molar-refractivity contribution in [3.05, 3.63) is 28.8 Å². The first-order chi connectivity index (χ1) is 17.6. The van der Waals surface area contributed by atoms with Crippen LogP contribution in [0.25, 0.3) is 0 Å². The van der Waals surface area contributed by atoms with Crippen LogP contribution < -0.4 is 0 Å². The maximum atomic E-state index is 12.6. The zero-order chi connectivity index (χ0) is 30.2. The van der Waals surface area contributed by atoms with Gasteiger partial charge in [-0.2, -0.15) is 4.89 Å². The van der Waals surface area contributed by atoms with E-state index in [0.29, 0.717) is 30.4 Å². The zero-order valence-electron chi connectivity index (χ0n) is 26.9. The van der Waals surface area contributed by atoms with Gasteiger partial charge in [0.1, 0.15) is 17.5 Å². The Labute approximate surface area is 238 Å². The molecule has 0 aliphatic rings. The van der Waals surface area contributed by atoms with Gasteiger partial charge in [-0.05, 0) is 73.0 Å². The minimum Gasteiger partial charge on any atom is -0.507 e. The van der Waals surface area contributed by atoms with Crippen LogP contribution in [0.1, 0.15) is 145 Å². The van der Waals surface area contributed by atoms with Crippen molar-refractivity contribution in [2.75, 3.05) is 0 Å². The van der Waals surface area contributed by atoms with E-state index in [0.717, 1.165) is 42.4 Å². The molecule has 39 heavy (non-hydrogen) atoms. The molecule has 0 heterocycles. The van der Waals surface area contributed by atoms with Crippen molar-refractivity contribution in [1.29, 1.82) is 0 Å². The second kappa shape index (κ2) is 14.0. The van der Waals surface area contributed by atoms with Crippen LogP contribution in [0.4, 0.5) is 0 Å². The van der Waals surface area contributed by atoms with Gasteiger partial charge in [0.25, 0.3) is 0 Å². The van der Waals surface area contributed by atoms with Crippen molar-refractivity contribution in [1.82, 2.24) is 0 Å². The summed E-state index contributed by atoms with van der Waals surface area (Å²) in [5.74, 6) is -0.340. The Morgan fingerprint density at radius 3 is 1.82 bits per heavy atom. The molecule has 0 aromatic heterocycles. The Bertz CT molecular complexity index is 905. The van der Waals surface area contributed by atoms with E-state index >= 15 is 0 Å². The van der Waals surface area contributed by atoms with Gasteiger partial charge in [-0.3, -0.25) is 9.68 Å². The van der Waals surface area contributed by atoms with Crippen molar-refractivity contribution < 1.29 is 29.2 Å². The number of unbranched alkanes of at least 4 members (excludes halogenated alkanes) is 2. The summed E-state index contributed by atoms with van der Waals surface area (Å²) in [5, 5.41) is 10.9. The molecule has 0 saturated heterocycles. The molecule has 1 aromatic carbocycles. The summed E-state index contributed by atoms with van der Waals surface area (Å²) < 4.78 is 5.64. The average molecular weight is 549 g/mol. The predicted octanol–water partition coefficient (Wildman–Crippen LogP) is 8.49. The lowest BCUT2D eigenvalue weighted by Crippen LogP contribution is -2.32. The van der Waals surface area contributed by atoms with Gasteiger partial charge < -0.3 is 9.84 Å². The summed E-state index contributed by atoms with van der Waals surface area (Å²) in [6.07, 6.45) is 5.05. The van der Waals surface area contributed by atoms with Gasteiger partial charge in [0.2, 0.25) is 0 Å². The number of phenolic OH excluding ortho intramolecular Hbond substituents is 1. The van der Waals surface area contributed by atoms with Crippen LogP contribution in [0, 0.1) is 5.41 Å². The third-order valence-corrected chi connectivity index (χ3v) is 6.68. The highest BCUT2D eigenvalue weighted by atomic mass is 17.2. The molecule has 6 nitrogen and oxygen atoms in total. The highest BCUT2D eigenvalue weighted by Gasteiger charge is 2.28. The second-order valence-electron chi connectivity index (χ2n) is 15.0. The lowest BCUT2D eigenvalue weighted by molar-refractivity contribution is -0.329. The van der Waals surface area contributed by atoms with Crippen molar-refractivity contribution >= 4 is 11.9 Å². The summed E-state index contributed by atoms with van der Waals surface area (Å²) in [7, 11) is 0. The number of esters is 1. The first-order valence-electron chi connectivity index (χ1n) is 14.6. The lowest BCUT2D eigenvalue weighted by atomic mass is 9.78. The molecule has 1 rings (SSSR count). The molecule has 6 heteroatoms. The van der Waals surface area contributed by atoms with Crippen LogP contribution in [0.3, 0.4) is 0 Å². The van der Waals surface area contributed by atoms with Crippen LogP contribution in [-0.4, -0.2) is 28.8 Å². The molecule has 0 saturated carbocycles. The first kappa shape index (κ1) is 34.9. The van der Waals surface area contributed by atoms with E-state index in [1.807, 2.05) is 32.9 Å². The number of carbonyl (C=O) groups is 2. The molecule has 1 N–H and O–H groups in total. The molecule has 1 atom stereocenters. The maximum Gasteiger partial charge on any atom is 0.342 e. The van der Waals surface area contributed by atoms with Gasteiger partial charge in [-0.1, -0.05) is 87.3 Å². The third kappa shape index (κ3) is 13.7. The van der Waals surface area contributed by atoms with Crippen LogP contribution in [-0.2, 0) is 41.4 Å². The minimum atomic E-state index is -0.790. The van der Waals surface area contributed by atoms with Crippen molar-refractivity contribution in [2.24, 2.45) is 5.41 Å². The van der Waals surface area contributed by atoms with E-state index in [1.165, 1.54) is 0 Å². The van der Waals surface area contributed by atoms with Crippen molar-refractivity contribution in [3.63, 3.8) is 0 Å². The Morgan fingerprint density at radius 2 is 1.33 bits per heavy atom. The molecule has 0 radical (unpaired) electrons. The normalized spacial score (nSPS) is 13.7. The summed E-state index contributed by atoms with van der Waals surface area (Å²) >= 11 is 0. The molecule has 0 spiro atoms. The molecule has 0 aliphatic heterocycles. The fraction of sp³-hybridized carbons (Fsp3) is 0.758. The molecule has 0 bridgehead atoms. The Hall–Kier alpha value is -2.08. The first-order valence-corrected chi connectivity index (χ1v) is 14.6. The smallest absolute Gasteiger partial charge is 0.342 e. The third-order valence-electron chi connectivity index (χ3n) is 6.68. The van der Waals surface area contributed by atoms with Crippen LogP contribution in [0.15, 0.2) is 12.1 Å². The Balaban J connectivity index is 2.57. The molecule has 1 aromatic rings. The lowest BCUT2D eigenvalue weighted by Gasteiger charge is -2.28. The van der Waals surface area contributed by atoms with E-state index in [9.17, 15) is 14.7 Å². The van der Waals surface area contributed by atoms with Gasteiger partial charge in [0, 0.05) is 19.3 Å². The Kier molecular flexibility index (Phi) is 12.6. The van der Waals surface area contributed by atoms with E-state index in [1.54, 1.807) is 0 Å². The molecule has 224 valence electrons. The summed E-state index contributed by atoms with van der Waals surface area (Å²) in [6.45, 7) is 24.5. The number of ether oxygens (including phenoxy) is 1. The molecule has 1 unspecified atom stereocenters. The number of rotatable bonds is 13. The van der Waals surface area contributed by atoms with Gasteiger partial charge in [0.15, 0.2) is 0 Å². The van der Waals surface area contributed by atoms with Crippen molar-refractivity contribution in [3.8, 4) is 5.75 Å². The monoisotopic (exact) mass is 548 g/mol. The minimum absolute atomic E-state index is 0.226. The number of benzene rings is 1. The highest BCUT2D eigenvalue weighted by Crippen LogP contribution is 2.40.